The van der Waals surface area contributed by atoms with E-state index in [0.29, 0.717) is 39.0 Å². The first-order valence-electron chi connectivity index (χ1n) is 12.9. The van der Waals surface area contributed by atoms with Gasteiger partial charge in [0, 0.05) is 27.9 Å². The van der Waals surface area contributed by atoms with Gasteiger partial charge in [-0.2, -0.15) is 10.3 Å². The molecule has 2 aromatic carbocycles. The number of nitrogens with zero attached hydrogens (tertiary/aromatic N) is 2. The smallest absolute Gasteiger partial charge is 0.438 e. The number of Topliss-reactive ketones (excluding diaryl/α,β-unsaturated/α-hetero) is 1. The molecule has 0 fully saturated rings. The third-order valence-corrected chi connectivity index (χ3v) is 7.49. The van der Waals surface area contributed by atoms with Crippen molar-refractivity contribution in [3.63, 3.8) is 0 Å². The normalized spacial score (nSPS) is 18.7. The highest BCUT2D eigenvalue weighted by Crippen LogP contribution is 2.45. The predicted molar refractivity (Wildman–Crippen MR) is 151 cm³/mol. The first-order chi connectivity index (χ1) is 18.8. The molecule has 1 aliphatic heterocycles. The Hall–Kier alpha value is -3.61. The van der Waals surface area contributed by atoms with Crippen molar-refractivity contribution in [3.05, 3.63) is 80.6 Å². The maximum absolute atomic E-state index is 13.5. The van der Waals surface area contributed by atoms with Gasteiger partial charge in [-0.25, -0.2) is 4.79 Å². The molecule has 2 aliphatic rings. The number of dihydropyridines is 1. The van der Waals surface area contributed by atoms with Gasteiger partial charge >= 0.3 is 6.09 Å². The Kier molecular flexibility index (Phi) is 9.10. The molecule has 1 amide bonds. The van der Waals surface area contributed by atoms with Gasteiger partial charge in [0.2, 0.25) is 0 Å². The summed E-state index contributed by atoms with van der Waals surface area (Å²) in [5.74, 6) is 0.442. The summed E-state index contributed by atoms with van der Waals surface area (Å²) >= 11 is 3.56. The number of hydroxylamine groups is 1. The van der Waals surface area contributed by atoms with Gasteiger partial charge in [0.05, 0.1) is 37.5 Å². The van der Waals surface area contributed by atoms with Crippen LogP contribution in [0.4, 0.5) is 10.5 Å². The molecule has 9 heteroatoms. The van der Waals surface area contributed by atoms with Crippen LogP contribution in [0.5, 0.6) is 5.75 Å². The summed E-state index contributed by atoms with van der Waals surface area (Å²) in [6.07, 6.45) is 2.50. The van der Waals surface area contributed by atoms with E-state index in [4.69, 9.17) is 14.3 Å². The number of ether oxygens (including phenoxy) is 2. The van der Waals surface area contributed by atoms with Crippen LogP contribution in [0.2, 0.25) is 0 Å². The zero-order valence-electron chi connectivity index (χ0n) is 22.5. The molecular weight excluding hydrogens is 562 g/mol. The molecule has 4 rings (SSSR count). The Labute approximate surface area is 237 Å². The summed E-state index contributed by atoms with van der Waals surface area (Å²) in [6.45, 7) is 4.06. The number of nitriles is 1. The molecule has 39 heavy (non-hydrogen) atoms. The Morgan fingerprint density at radius 3 is 2.69 bits per heavy atom. The van der Waals surface area contributed by atoms with Crippen LogP contribution in [-0.2, 0) is 21.0 Å². The molecule has 204 valence electrons. The van der Waals surface area contributed by atoms with Gasteiger partial charge in [-0.1, -0.05) is 41.4 Å². The summed E-state index contributed by atoms with van der Waals surface area (Å²) in [7, 11) is 2.86. The summed E-state index contributed by atoms with van der Waals surface area (Å²) in [6, 6.07) is 15.0. The van der Waals surface area contributed by atoms with E-state index >= 15 is 0 Å². The SMILES string of the molecule is CCCC1CC(=O)C2=C(C1)NC(C)=C(C#N)C2c1cc(Br)cc(N(OCc2cccc(OC)c2)C(=O)OC)c1. The van der Waals surface area contributed by atoms with Crippen LogP contribution in [0.15, 0.2) is 69.5 Å². The van der Waals surface area contributed by atoms with Crippen molar-refractivity contribution in [2.24, 2.45) is 5.92 Å². The molecule has 0 radical (unpaired) electrons. The highest BCUT2D eigenvalue weighted by atomic mass is 79.9. The van der Waals surface area contributed by atoms with Gasteiger partial charge in [-0.05, 0) is 67.1 Å². The molecule has 1 N–H and O–H groups in total. The zero-order valence-corrected chi connectivity index (χ0v) is 24.1. The number of hydrogen-bond acceptors (Lipinski definition) is 7. The fourth-order valence-electron chi connectivity index (χ4n) is 5.31. The number of ketones is 1. The lowest BCUT2D eigenvalue weighted by Crippen LogP contribution is -2.34. The van der Waals surface area contributed by atoms with Crippen molar-refractivity contribution in [3.8, 4) is 11.8 Å². The molecule has 0 spiro atoms. The number of methoxy groups -OCH3 is 2. The lowest BCUT2D eigenvalue weighted by molar-refractivity contribution is -0.117. The van der Waals surface area contributed by atoms with E-state index in [2.05, 4.69) is 34.2 Å². The highest BCUT2D eigenvalue weighted by Gasteiger charge is 2.38. The van der Waals surface area contributed by atoms with Crippen molar-refractivity contribution in [1.82, 2.24) is 5.32 Å². The maximum atomic E-state index is 13.5. The van der Waals surface area contributed by atoms with Crippen LogP contribution in [-0.4, -0.2) is 26.1 Å². The monoisotopic (exact) mass is 593 g/mol. The van der Waals surface area contributed by atoms with Gasteiger partial charge in [-0.15, -0.1) is 0 Å². The van der Waals surface area contributed by atoms with Gasteiger partial charge in [0.15, 0.2) is 5.78 Å². The lowest BCUT2D eigenvalue weighted by atomic mass is 9.72. The van der Waals surface area contributed by atoms with Crippen LogP contribution in [0.3, 0.4) is 0 Å². The summed E-state index contributed by atoms with van der Waals surface area (Å²) in [5.41, 5.74) is 4.60. The summed E-state index contributed by atoms with van der Waals surface area (Å²) in [5, 5.41) is 14.5. The van der Waals surface area contributed by atoms with Crippen molar-refractivity contribution in [2.75, 3.05) is 19.3 Å². The van der Waals surface area contributed by atoms with Crippen molar-refractivity contribution < 1.29 is 23.9 Å². The van der Waals surface area contributed by atoms with Gasteiger partial charge in [0.25, 0.3) is 0 Å². The number of halogens is 1. The van der Waals surface area contributed by atoms with E-state index in [9.17, 15) is 14.9 Å². The van der Waals surface area contributed by atoms with Crippen molar-refractivity contribution in [1.29, 1.82) is 5.26 Å². The van der Waals surface area contributed by atoms with Gasteiger partial charge < -0.3 is 14.8 Å². The fourth-order valence-corrected chi connectivity index (χ4v) is 5.81. The minimum absolute atomic E-state index is 0.0491. The molecule has 0 aromatic heterocycles. The highest BCUT2D eigenvalue weighted by molar-refractivity contribution is 9.10. The fraction of sp³-hybridized carbons (Fsp3) is 0.367. The van der Waals surface area contributed by atoms with E-state index in [0.717, 1.165) is 41.3 Å². The second kappa shape index (κ2) is 12.5. The standard InChI is InChI=1S/C30H32BrN3O5/c1-5-7-19-11-26-29(27(35)12-19)28(25(16-32)18(2)33-26)21-13-22(31)15-23(14-21)34(30(36)38-4)39-17-20-8-6-9-24(10-20)37-3/h6,8-10,13-15,19,28,33H,5,7,11-12,17H2,1-4H3. The number of hydrogen-bond donors (Lipinski definition) is 1. The molecular formula is C30H32BrN3O5. The van der Waals surface area contributed by atoms with E-state index in [1.807, 2.05) is 37.3 Å². The zero-order chi connectivity index (χ0) is 28.1. The lowest BCUT2D eigenvalue weighted by Gasteiger charge is -2.35. The molecule has 0 saturated heterocycles. The summed E-state index contributed by atoms with van der Waals surface area (Å²) in [4.78, 5) is 32.2. The second-order valence-corrected chi connectivity index (χ2v) is 10.6. The molecule has 2 atom stereocenters. The topological polar surface area (TPSA) is 101 Å². The van der Waals surface area contributed by atoms with Crippen LogP contribution in [0, 0.1) is 17.2 Å². The first-order valence-corrected chi connectivity index (χ1v) is 13.7. The van der Waals surface area contributed by atoms with Crippen LogP contribution >= 0.6 is 15.9 Å². The number of benzene rings is 2. The maximum Gasteiger partial charge on any atom is 0.438 e. The van der Waals surface area contributed by atoms with E-state index in [1.165, 1.54) is 7.11 Å². The quantitative estimate of drug-likeness (QED) is 0.340. The molecule has 0 saturated carbocycles. The van der Waals surface area contributed by atoms with E-state index < -0.39 is 12.0 Å². The average Bonchev–Trinajstić information content (AvgIpc) is 2.92. The predicted octanol–water partition coefficient (Wildman–Crippen LogP) is 6.68. The molecule has 2 unspecified atom stereocenters. The number of anilines is 1. The number of carbonyl (C=O) groups excluding carboxylic acids is 2. The molecule has 1 aliphatic carbocycles. The third kappa shape index (κ3) is 6.18. The Morgan fingerprint density at radius 1 is 1.21 bits per heavy atom. The average molecular weight is 595 g/mol. The number of rotatable bonds is 8. The molecule has 8 nitrogen and oxygen atoms in total. The second-order valence-electron chi connectivity index (χ2n) is 9.72. The van der Waals surface area contributed by atoms with Gasteiger partial charge in [-0.3, -0.25) is 9.63 Å². The minimum atomic E-state index is -0.712. The van der Waals surface area contributed by atoms with Crippen LogP contribution in [0.25, 0.3) is 0 Å². The van der Waals surface area contributed by atoms with Gasteiger partial charge in [0.1, 0.15) is 12.4 Å². The van der Waals surface area contributed by atoms with Crippen molar-refractivity contribution >= 4 is 33.5 Å². The van der Waals surface area contributed by atoms with Crippen molar-refractivity contribution in [2.45, 2.75) is 52.1 Å². The molecule has 1 heterocycles. The molecule has 2 aromatic rings. The number of nitrogens with one attached hydrogen (secondary N) is 1. The largest absolute Gasteiger partial charge is 0.497 e. The van der Waals surface area contributed by atoms with E-state index in [-0.39, 0.29) is 18.3 Å². The van der Waals surface area contributed by atoms with Crippen LogP contribution in [0.1, 0.15) is 56.6 Å². The number of amides is 1. The summed E-state index contributed by atoms with van der Waals surface area (Å²) < 4.78 is 11.0. The number of carbonyl (C=O) groups is 2. The Balaban J connectivity index is 1.74. The first kappa shape index (κ1) is 28.4. The third-order valence-electron chi connectivity index (χ3n) is 7.04. The number of allylic oxidation sites excluding steroid dienone is 4. The minimum Gasteiger partial charge on any atom is -0.497 e. The Morgan fingerprint density at radius 2 is 2.00 bits per heavy atom. The molecule has 0 bridgehead atoms. The Bertz CT molecular complexity index is 1380. The van der Waals surface area contributed by atoms with E-state index in [1.54, 1.807) is 19.2 Å². The van der Waals surface area contributed by atoms with Crippen LogP contribution < -0.4 is 15.1 Å².